The number of rotatable bonds is 7. The van der Waals surface area contributed by atoms with E-state index in [9.17, 15) is 5.26 Å². The Morgan fingerprint density at radius 3 is 0.857 bits per heavy atom. The summed E-state index contributed by atoms with van der Waals surface area (Å²) in [5, 5.41) is 9.56. The lowest BCUT2D eigenvalue weighted by molar-refractivity contribution is 1.47. The molecule has 0 saturated heterocycles. The smallest absolute Gasteiger partial charge is 0.0991 e. The third-order valence-corrected chi connectivity index (χ3v) is 7.36. The van der Waals surface area contributed by atoms with Gasteiger partial charge in [0.1, 0.15) is 0 Å². The molecule has 0 aliphatic rings. The Kier molecular flexibility index (Phi) is 7.98. The second-order valence-corrected chi connectivity index (χ2v) is 10.0. The lowest BCUT2D eigenvalue weighted by Crippen LogP contribution is -2.03. The molecule has 0 spiro atoms. The van der Waals surface area contributed by atoms with E-state index in [-0.39, 0.29) is 0 Å². The van der Waals surface area contributed by atoms with Crippen LogP contribution in [-0.4, -0.2) is 0 Å². The van der Waals surface area contributed by atoms with Crippen molar-refractivity contribution < 1.29 is 0 Å². The minimum atomic E-state index is 0.639. The van der Waals surface area contributed by atoms with Crippen molar-refractivity contribution in [2.24, 2.45) is 0 Å². The van der Waals surface area contributed by atoms with Gasteiger partial charge in [-0.1, -0.05) is 164 Å². The number of hydrogen-bond donors (Lipinski definition) is 0. The van der Waals surface area contributed by atoms with Gasteiger partial charge in [-0.05, 0) is 67.8 Å². The molecule has 42 heavy (non-hydrogen) atoms. The average Bonchev–Trinajstić information content (AvgIpc) is 3.08. The molecule has 0 bridgehead atoms. The Bertz CT molecular complexity index is 1820. The van der Waals surface area contributed by atoms with Gasteiger partial charge in [-0.15, -0.1) is 0 Å². The molecule has 6 aromatic carbocycles. The molecule has 0 aliphatic carbocycles. The van der Waals surface area contributed by atoms with E-state index in [1.165, 1.54) is 0 Å². The number of allylic oxidation sites excluding steroid dienone is 2. The summed E-state index contributed by atoms with van der Waals surface area (Å²) in [5.74, 6) is 0. The van der Waals surface area contributed by atoms with Crippen molar-refractivity contribution in [2.45, 2.75) is 0 Å². The lowest BCUT2D eigenvalue weighted by Gasteiger charge is -2.24. The van der Waals surface area contributed by atoms with Gasteiger partial charge in [-0.3, -0.25) is 0 Å². The molecule has 1 nitrogen and oxygen atoms in total. The third-order valence-electron chi connectivity index (χ3n) is 7.36. The Labute approximate surface area is 248 Å². The van der Waals surface area contributed by atoms with E-state index >= 15 is 0 Å². The second kappa shape index (κ2) is 12.6. The molecule has 0 aliphatic heterocycles. The van der Waals surface area contributed by atoms with E-state index in [1.807, 2.05) is 12.1 Å². The van der Waals surface area contributed by atoms with Gasteiger partial charge in [-0.2, -0.15) is 5.26 Å². The van der Waals surface area contributed by atoms with Crippen LogP contribution in [0.15, 0.2) is 176 Å². The van der Waals surface area contributed by atoms with Gasteiger partial charge in [0.05, 0.1) is 11.6 Å². The maximum absolute atomic E-state index is 9.56. The number of nitrogens with zero attached hydrogens (tertiary/aromatic N) is 1. The normalized spacial score (nSPS) is 11.2. The molecule has 198 valence electrons. The summed E-state index contributed by atoms with van der Waals surface area (Å²) in [7, 11) is 0. The predicted molar refractivity (Wildman–Crippen MR) is 175 cm³/mol. The topological polar surface area (TPSA) is 23.8 Å². The fourth-order valence-electron chi connectivity index (χ4n) is 5.47. The van der Waals surface area contributed by atoms with Crippen LogP contribution in [0.1, 0.15) is 38.9 Å². The minimum Gasteiger partial charge on any atom is -0.192 e. The molecule has 1 heteroatoms. The number of hydrogen-bond acceptors (Lipinski definition) is 1. The first-order chi connectivity index (χ1) is 20.8. The Morgan fingerprint density at radius 1 is 0.310 bits per heavy atom. The van der Waals surface area contributed by atoms with E-state index in [4.69, 9.17) is 0 Å². The zero-order valence-corrected chi connectivity index (χ0v) is 23.2. The molecule has 0 unspecified atom stereocenters. The maximum atomic E-state index is 9.56. The summed E-state index contributed by atoms with van der Waals surface area (Å²) in [5.41, 5.74) is 11.8. The molecule has 0 N–H and O–H groups in total. The van der Waals surface area contributed by atoms with Crippen molar-refractivity contribution in [2.75, 3.05) is 0 Å². The van der Waals surface area contributed by atoms with Crippen LogP contribution in [0.25, 0.3) is 22.3 Å². The van der Waals surface area contributed by atoms with Crippen molar-refractivity contribution in [1.82, 2.24) is 0 Å². The lowest BCUT2D eigenvalue weighted by atomic mass is 9.78. The quantitative estimate of drug-likeness (QED) is 0.147. The highest BCUT2D eigenvalue weighted by atomic mass is 14.3. The van der Waals surface area contributed by atoms with Crippen LogP contribution in [0.2, 0.25) is 0 Å². The fourth-order valence-corrected chi connectivity index (χ4v) is 5.47. The maximum Gasteiger partial charge on any atom is 0.0991 e. The number of nitriles is 1. The van der Waals surface area contributed by atoms with Gasteiger partial charge in [-0.25, -0.2) is 0 Å². The van der Waals surface area contributed by atoms with E-state index in [0.717, 1.165) is 55.7 Å². The van der Waals surface area contributed by atoms with E-state index in [0.29, 0.717) is 5.56 Å². The molecule has 0 saturated carbocycles. The van der Waals surface area contributed by atoms with Crippen LogP contribution < -0.4 is 0 Å². The number of benzene rings is 6. The first-order valence-electron chi connectivity index (χ1n) is 14.1. The van der Waals surface area contributed by atoms with Gasteiger partial charge in [0.25, 0.3) is 0 Å². The van der Waals surface area contributed by atoms with Crippen molar-refractivity contribution in [3.05, 3.63) is 215 Å². The van der Waals surface area contributed by atoms with Crippen LogP contribution in [0.5, 0.6) is 0 Å². The zero-order valence-electron chi connectivity index (χ0n) is 23.2. The highest BCUT2D eigenvalue weighted by Gasteiger charge is 2.24. The Hall–Kier alpha value is -5.71. The SMILES string of the molecule is N#Cc1ccc(/C(=C(/C(=C(c2ccccc2)c2ccccc2)c2ccccc2)c2ccccc2)c2ccccc2)cc1. The van der Waals surface area contributed by atoms with Crippen LogP contribution >= 0.6 is 0 Å². The van der Waals surface area contributed by atoms with E-state index in [2.05, 4.69) is 170 Å². The molecule has 0 radical (unpaired) electrons. The zero-order chi connectivity index (χ0) is 28.6. The van der Waals surface area contributed by atoms with Gasteiger partial charge < -0.3 is 0 Å². The fraction of sp³-hybridized carbons (Fsp3) is 0. The summed E-state index contributed by atoms with van der Waals surface area (Å²) >= 11 is 0. The van der Waals surface area contributed by atoms with Crippen molar-refractivity contribution in [1.29, 1.82) is 5.26 Å². The van der Waals surface area contributed by atoms with Crippen LogP contribution in [0, 0.1) is 11.3 Å². The molecule has 6 rings (SSSR count). The van der Waals surface area contributed by atoms with Gasteiger partial charge in [0.2, 0.25) is 0 Å². The highest BCUT2D eigenvalue weighted by Crippen LogP contribution is 2.46. The van der Waals surface area contributed by atoms with E-state index < -0.39 is 0 Å². The predicted octanol–water partition coefficient (Wildman–Crippen LogP) is 10.2. The van der Waals surface area contributed by atoms with Gasteiger partial charge in [0, 0.05) is 0 Å². The molecular weight excluding hydrogens is 506 g/mol. The minimum absolute atomic E-state index is 0.639. The third kappa shape index (κ3) is 5.61. The Morgan fingerprint density at radius 2 is 0.571 bits per heavy atom. The van der Waals surface area contributed by atoms with Gasteiger partial charge in [0.15, 0.2) is 0 Å². The summed E-state index contributed by atoms with van der Waals surface area (Å²) in [6.07, 6.45) is 0. The van der Waals surface area contributed by atoms with Crippen molar-refractivity contribution >= 4 is 22.3 Å². The summed E-state index contributed by atoms with van der Waals surface area (Å²) in [4.78, 5) is 0. The molecule has 0 heterocycles. The van der Waals surface area contributed by atoms with Crippen LogP contribution in [0.3, 0.4) is 0 Å². The summed E-state index contributed by atoms with van der Waals surface area (Å²) in [6.45, 7) is 0. The first kappa shape index (κ1) is 26.5. The van der Waals surface area contributed by atoms with Crippen molar-refractivity contribution in [3.63, 3.8) is 0 Å². The standard InChI is InChI=1S/C41H29N/c42-30-31-26-28-37(29-27-31)39(34-20-10-3-11-21-34)41(36-24-14-5-15-25-36)40(35-22-12-4-13-23-35)38(32-16-6-1-7-17-32)33-18-8-2-9-19-33/h1-29H/b41-39+. The van der Waals surface area contributed by atoms with Crippen molar-refractivity contribution in [3.8, 4) is 6.07 Å². The molecule has 0 fully saturated rings. The molecular formula is C41H29N. The van der Waals surface area contributed by atoms with E-state index in [1.54, 1.807) is 0 Å². The molecule has 0 atom stereocenters. The highest BCUT2D eigenvalue weighted by molar-refractivity contribution is 6.25. The average molecular weight is 536 g/mol. The molecule has 0 aromatic heterocycles. The molecule has 0 amide bonds. The first-order valence-corrected chi connectivity index (χ1v) is 14.1. The molecule has 6 aromatic rings. The van der Waals surface area contributed by atoms with Gasteiger partial charge >= 0.3 is 0 Å². The van der Waals surface area contributed by atoms with Crippen LogP contribution in [0.4, 0.5) is 0 Å². The monoisotopic (exact) mass is 535 g/mol. The Balaban J connectivity index is 1.86. The summed E-state index contributed by atoms with van der Waals surface area (Å²) in [6, 6.07) is 63.4. The van der Waals surface area contributed by atoms with Crippen LogP contribution in [-0.2, 0) is 0 Å². The largest absolute Gasteiger partial charge is 0.192 e. The second-order valence-electron chi connectivity index (χ2n) is 10.0. The summed E-state index contributed by atoms with van der Waals surface area (Å²) < 4.78 is 0.